The third kappa shape index (κ3) is 5.84. The van der Waals surface area contributed by atoms with E-state index in [1.54, 1.807) is 0 Å². The maximum atomic E-state index is 9.61. The molecule has 0 amide bonds. The second-order valence-corrected chi connectivity index (χ2v) is 4.89. The van der Waals surface area contributed by atoms with Crippen LogP contribution in [0.3, 0.4) is 0 Å². The summed E-state index contributed by atoms with van der Waals surface area (Å²) in [5.74, 6) is 0. The summed E-state index contributed by atoms with van der Waals surface area (Å²) in [4.78, 5) is 0. The molecule has 0 aromatic heterocycles. The van der Waals surface area contributed by atoms with Crippen LogP contribution in [0.5, 0.6) is 0 Å². The summed E-state index contributed by atoms with van der Waals surface area (Å²) in [6.45, 7) is 8.09. The number of halogens is 1. The summed E-state index contributed by atoms with van der Waals surface area (Å²) in [5, 5.41) is 9.56. The predicted octanol–water partition coefficient (Wildman–Crippen LogP) is 3.31. The Morgan fingerprint density at radius 1 is 1.43 bits per heavy atom. The van der Waals surface area contributed by atoms with E-state index in [1.165, 1.54) is 0 Å². The van der Waals surface area contributed by atoms with Crippen molar-refractivity contribution >= 4 is 11.6 Å². The number of alkyl halides is 1. The van der Waals surface area contributed by atoms with Gasteiger partial charge in [0.2, 0.25) is 0 Å². The average Bonchev–Trinajstić information content (AvgIpc) is 2.02. The molecule has 0 aliphatic carbocycles. The highest BCUT2D eigenvalue weighted by Crippen LogP contribution is 2.24. The zero-order chi connectivity index (χ0) is 11.2. The fourth-order valence-electron chi connectivity index (χ4n) is 1.50. The molecule has 1 N–H and O–H groups in total. The van der Waals surface area contributed by atoms with Crippen LogP contribution < -0.4 is 0 Å². The van der Waals surface area contributed by atoms with E-state index < -0.39 is 6.29 Å². The van der Waals surface area contributed by atoms with Crippen LogP contribution >= 0.6 is 11.6 Å². The van der Waals surface area contributed by atoms with E-state index in [2.05, 4.69) is 13.8 Å². The van der Waals surface area contributed by atoms with Gasteiger partial charge in [-0.05, 0) is 26.7 Å². The Labute approximate surface area is 92.6 Å². The van der Waals surface area contributed by atoms with Crippen molar-refractivity contribution in [1.82, 2.24) is 0 Å². The standard InChI is InChI=1S/C11H23ClO2/c1-5-7-11(4,6-2)14-10(13)8-9(3)12/h9-10,13H,5-8H2,1-4H3. The molecule has 0 radical (unpaired) electrons. The first-order valence-electron chi connectivity index (χ1n) is 5.43. The van der Waals surface area contributed by atoms with Gasteiger partial charge in [-0.2, -0.15) is 0 Å². The Kier molecular flexibility index (Phi) is 6.75. The number of ether oxygens (including phenoxy) is 1. The van der Waals surface area contributed by atoms with Gasteiger partial charge in [0.1, 0.15) is 0 Å². The molecule has 0 saturated heterocycles. The van der Waals surface area contributed by atoms with Gasteiger partial charge in [-0.1, -0.05) is 20.3 Å². The molecule has 0 aliphatic rings. The Morgan fingerprint density at radius 3 is 2.36 bits per heavy atom. The van der Waals surface area contributed by atoms with E-state index in [-0.39, 0.29) is 11.0 Å². The molecule has 0 fully saturated rings. The second kappa shape index (κ2) is 6.65. The molecule has 0 aromatic carbocycles. The molecule has 3 heteroatoms. The highest BCUT2D eigenvalue weighted by Gasteiger charge is 2.25. The summed E-state index contributed by atoms with van der Waals surface area (Å²) in [7, 11) is 0. The van der Waals surface area contributed by atoms with Gasteiger partial charge in [-0.25, -0.2) is 0 Å². The van der Waals surface area contributed by atoms with Crippen LogP contribution in [0.15, 0.2) is 0 Å². The topological polar surface area (TPSA) is 29.5 Å². The Hall–Kier alpha value is 0.210. The molecule has 3 unspecified atom stereocenters. The van der Waals surface area contributed by atoms with Crippen molar-refractivity contribution in [2.75, 3.05) is 0 Å². The molecular formula is C11H23ClO2. The first-order valence-corrected chi connectivity index (χ1v) is 5.87. The first-order chi connectivity index (χ1) is 6.43. The highest BCUT2D eigenvalue weighted by atomic mass is 35.5. The highest BCUT2D eigenvalue weighted by molar-refractivity contribution is 6.20. The fourth-order valence-corrected chi connectivity index (χ4v) is 1.65. The fraction of sp³-hybridized carbons (Fsp3) is 1.00. The van der Waals surface area contributed by atoms with Crippen LogP contribution in [0.2, 0.25) is 0 Å². The van der Waals surface area contributed by atoms with E-state index in [0.717, 1.165) is 19.3 Å². The van der Waals surface area contributed by atoms with Crippen molar-refractivity contribution in [1.29, 1.82) is 0 Å². The average molecular weight is 223 g/mol. The number of hydrogen-bond donors (Lipinski definition) is 1. The normalized spacial score (nSPS) is 20.1. The predicted molar refractivity (Wildman–Crippen MR) is 60.6 cm³/mol. The molecule has 0 aliphatic heterocycles. The van der Waals surface area contributed by atoms with Crippen molar-refractivity contribution in [3.8, 4) is 0 Å². The van der Waals surface area contributed by atoms with E-state index in [9.17, 15) is 5.11 Å². The van der Waals surface area contributed by atoms with Gasteiger partial charge in [0.25, 0.3) is 0 Å². The van der Waals surface area contributed by atoms with E-state index in [4.69, 9.17) is 16.3 Å². The van der Waals surface area contributed by atoms with Crippen molar-refractivity contribution < 1.29 is 9.84 Å². The van der Waals surface area contributed by atoms with Gasteiger partial charge in [-0.3, -0.25) is 0 Å². The molecule has 86 valence electrons. The maximum absolute atomic E-state index is 9.61. The Morgan fingerprint density at radius 2 is 2.00 bits per heavy atom. The van der Waals surface area contributed by atoms with Crippen molar-refractivity contribution in [3.63, 3.8) is 0 Å². The van der Waals surface area contributed by atoms with Crippen LogP contribution in [-0.4, -0.2) is 22.4 Å². The van der Waals surface area contributed by atoms with Crippen LogP contribution in [0.25, 0.3) is 0 Å². The summed E-state index contributed by atoms with van der Waals surface area (Å²) in [6, 6.07) is 0. The Bertz CT molecular complexity index is 150. The molecule has 0 heterocycles. The SMILES string of the molecule is CCCC(C)(CC)OC(O)CC(C)Cl. The number of aliphatic hydroxyl groups is 1. The van der Waals surface area contributed by atoms with Gasteiger partial charge in [0.05, 0.1) is 5.60 Å². The number of aliphatic hydroxyl groups excluding tert-OH is 1. The smallest absolute Gasteiger partial charge is 0.156 e. The molecule has 0 saturated carbocycles. The van der Waals surface area contributed by atoms with E-state index in [1.807, 2.05) is 13.8 Å². The Balaban J connectivity index is 4.02. The first kappa shape index (κ1) is 14.2. The van der Waals surface area contributed by atoms with Crippen molar-refractivity contribution in [2.24, 2.45) is 0 Å². The van der Waals surface area contributed by atoms with Crippen molar-refractivity contribution in [2.45, 2.75) is 70.6 Å². The van der Waals surface area contributed by atoms with Gasteiger partial charge < -0.3 is 9.84 Å². The summed E-state index contributed by atoms with van der Waals surface area (Å²) >= 11 is 5.78. The number of rotatable bonds is 7. The van der Waals surface area contributed by atoms with Gasteiger partial charge in [-0.15, -0.1) is 11.6 Å². The van der Waals surface area contributed by atoms with Gasteiger partial charge >= 0.3 is 0 Å². The van der Waals surface area contributed by atoms with Gasteiger partial charge in [0.15, 0.2) is 6.29 Å². The third-order valence-corrected chi connectivity index (χ3v) is 2.65. The minimum atomic E-state index is -0.737. The van der Waals surface area contributed by atoms with Crippen LogP contribution in [0.4, 0.5) is 0 Å². The molecule has 0 rings (SSSR count). The molecule has 0 spiro atoms. The monoisotopic (exact) mass is 222 g/mol. The third-order valence-electron chi connectivity index (χ3n) is 2.47. The number of hydrogen-bond acceptors (Lipinski definition) is 2. The lowest BCUT2D eigenvalue weighted by atomic mass is 9.97. The molecule has 0 aromatic rings. The lowest BCUT2D eigenvalue weighted by Crippen LogP contribution is -2.34. The van der Waals surface area contributed by atoms with E-state index in [0.29, 0.717) is 6.42 Å². The minimum Gasteiger partial charge on any atom is -0.368 e. The molecule has 0 bridgehead atoms. The quantitative estimate of drug-likeness (QED) is 0.529. The van der Waals surface area contributed by atoms with Crippen LogP contribution in [0, 0.1) is 0 Å². The molecule has 3 atom stereocenters. The molecule has 2 nitrogen and oxygen atoms in total. The zero-order valence-electron chi connectivity index (χ0n) is 9.72. The van der Waals surface area contributed by atoms with Crippen molar-refractivity contribution in [3.05, 3.63) is 0 Å². The lowest BCUT2D eigenvalue weighted by Gasteiger charge is -2.31. The van der Waals surface area contributed by atoms with Crippen LogP contribution in [-0.2, 0) is 4.74 Å². The maximum Gasteiger partial charge on any atom is 0.156 e. The van der Waals surface area contributed by atoms with E-state index >= 15 is 0 Å². The second-order valence-electron chi connectivity index (χ2n) is 4.14. The lowest BCUT2D eigenvalue weighted by molar-refractivity contribution is -0.185. The summed E-state index contributed by atoms with van der Waals surface area (Å²) in [6.07, 6.45) is 2.69. The van der Waals surface area contributed by atoms with Gasteiger partial charge in [0, 0.05) is 11.8 Å². The largest absolute Gasteiger partial charge is 0.368 e. The van der Waals surface area contributed by atoms with Crippen LogP contribution in [0.1, 0.15) is 53.4 Å². The zero-order valence-corrected chi connectivity index (χ0v) is 10.5. The summed E-state index contributed by atoms with van der Waals surface area (Å²) in [5.41, 5.74) is -0.208. The minimum absolute atomic E-state index is 0.0484. The molecular weight excluding hydrogens is 200 g/mol. The molecule has 14 heavy (non-hydrogen) atoms. The summed E-state index contributed by atoms with van der Waals surface area (Å²) < 4.78 is 5.61.